The van der Waals surface area contributed by atoms with Crippen molar-refractivity contribution in [3.8, 4) is 5.75 Å². The van der Waals surface area contributed by atoms with Gasteiger partial charge in [0, 0.05) is 52.5 Å². The number of benzene rings is 4. The Balaban J connectivity index is 1.40. The highest BCUT2D eigenvalue weighted by atomic mass is 16.5. The minimum atomic E-state index is 0.0441. The van der Waals surface area contributed by atoms with Crippen molar-refractivity contribution in [1.29, 1.82) is 0 Å². The van der Waals surface area contributed by atoms with Crippen LogP contribution in [-0.4, -0.2) is 17.7 Å². The molecule has 0 spiro atoms. The Morgan fingerprint density at radius 2 is 1.58 bits per heavy atom. The lowest BCUT2D eigenvalue weighted by Gasteiger charge is -2.30. The van der Waals surface area contributed by atoms with Crippen LogP contribution in [0.2, 0.25) is 0 Å². The Morgan fingerprint density at radius 3 is 2.44 bits per heavy atom. The number of H-pyrrole nitrogens is 1. The number of aryl methyl sites for hydroxylation is 1. The summed E-state index contributed by atoms with van der Waals surface area (Å²) in [6, 6.07) is 35.9. The van der Waals surface area contributed by atoms with Gasteiger partial charge in [0.1, 0.15) is 11.5 Å². The van der Waals surface area contributed by atoms with E-state index < -0.39 is 0 Å². The Labute approximate surface area is 211 Å². The first-order valence-electron chi connectivity index (χ1n) is 12.5. The van der Waals surface area contributed by atoms with Crippen molar-refractivity contribution in [1.82, 2.24) is 4.98 Å². The first kappa shape index (κ1) is 22.1. The van der Waals surface area contributed by atoms with Crippen LogP contribution in [0.3, 0.4) is 0 Å². The van der Waals surface area contributed by atoms with Crippen molar-refractivity contribution in [3.05, 3.63) is 143 Å². The van der Waals surface area contributed by atoms with E-state index in [9.17, 15) is 0 Å². The molecule has 6 rings (SSSR count). The number of fused-ring (bicyclic) bond motifs is 2. The first-order chi connectivity index (χ1) is 17.8. The van der Waals surface area contributed by atoms with Gasteiger partial charge in [-0.05, 0) is 36.6 Å². The molecule has 1 atom stereocenters. The second kappa shape index (κ2) is 9.71. The molecule has 1 aliphatic heterocycles. The summed E-state index contributed by atoms with van der Waals surface area (Å²) >= 11 is 0. The van der Waals surface area contributed by atoms with E-state index in [0.29, 0.717) is 6.54 Å². The fraction of sp³-hybridized carbons (Fsp3) is 0.121. The van der Waals surface area contributed by atoms with E-state index in [1.807, 2.05) is 18.3 Å². The molecule has 0 amide bonds. The van der Waals surface area contributed by atoms with Crippen LogP contribution < -0.4 is 4.74 Å². The molecule has 0 saturated heterocycles. The SMILES string of the molecule is Cc1ccc([C@@H]2C(C=NCCc3c[nH]c4ccccc34)=C(c3ccccc3)Oc3ccccc32)cc1. The Hall–Kier alpha value is -4.37. The zero-order chi connectivity index (χ0) is 24.3. The normalized spacial score (nSPS) is 15.3. The van der Waals surface area contributed by atoms with Crippen molar-refractivity contribution in [2.45, 2.75) is 19.3 Å². The molecule has 5 aromatic rings. The smallest absolute Gasteiger partial charge is 0.140 e. The van der Waals surface area contributed by atoms with Crippen LogP contribution in [0, 0.1) is 6.92 Å². The first-order valence-corrected chi connectivity index (χ1v) is 12.5. The number of ether oxygens (including phenoxy) is 1. The van der Waals surface area contributed by atoms with Gasteiger partial charge in [0.2, 0.25) is 0 Å². The van der Waals surface area contributed by atoms with Crippen LogP contribution in [-0.2, 0) is 6.42 Å². The average Bonchev–Trinajstić information content (AvgIpc) is 3.34. The molecular formula is C33H28N2O. The summed E-state index contributed by atoms with van der Waals surface area (Å²) in [7, 11) is 0. The Morgan fingerprint density at radius 1 is 0.833 bits per heavy atom. The number of nitrogens with zero attached hydrogens (tertiary/aromatic N) is 1. The van der Waals surface area contributed by atoms with Gasteiger partial charge in [0.05, 0.1) is 0 Å². The van der Waals surface area contributed by atoms with Crippen molar-refractivity contribution in [2.75, 3.05) is 6.54 Å². The number of allylic oxidation sites excluding steroid dienone is 1. The molecule has 2 heterocycles. The lowest BCUT2D eigenvalue weighted by atomic mass is 9.81. The molecular weight excluding hydrogens is 440 g/mol. The van der Waals surface area contributed by atoms with Gasteiger partial charge in [-0.25, -0.2) is 0 Å². The zero-order valence-corrected chi connectivity index (χ0v) is 20.3. The molecule has 4 aromatic carbocycles. The maximum atomic E-state index is 6.55. The number of nitrogens with one attached hydrogen (secondary N) is 1. The van der Waals surface area contributed by atoms with E-state index in [-0.39, 0.29) is 5.92 Å². The zero-order valence-electron chi connectivity index (χ0n) is 20.3. The van der Waals surface area contributed by atoms with Crippen molar-refractivity contribution in [2.24, 2.45) is 4.99 Å². The van der Waals surface area contributed by atoms with Crippen LogP contribution in [0.25, 0.3) is 16.7 Å². The van der Waals surface area contributed by atoms with Gasteiger partial charge >= 0.3 is 0 Å². The standard InChI is InChI=1S/C33H28N2O/c1-23-15-17-24(18-16-23)32-28-12-6-8-14-31(28)36-33(25-9-3-2-4-10-25)29(32)22-34-20-19-26-21-35-30-13-7-5-11-27(26)30/h2-18,21-22,32,35H,19-20H2,1H3/t32-/m0/s1. The number of aromatic amines is 1. The van der Waals surface area contributed by atoms with E-state index in [2.05, 4.69) is 109 Å². The largest absolute Gasteiger partial charge is 0.456 e. The van der Waals surface area contributed by atoms with Gasteiger partial charge < -0.3 is 9.72 Å². The number of para-hydroxylation sites is 2. The summed E-state index contributed by atoms with van der Waals surface area (Å²) < 4.78 is 6.55. The van der Waals surface area contributed by atoms with Crippen LogP contribution in [0.4, 0.5) is 0 Å². The highest BCUT2D eigenvalue weighted by molar-refractivity contribution is 5.94. The summed E-state index contributed by atoms with van der Waals surface area (Å²) in [6.45, 7) is 2.83. The predicted molar refractivity (Wildman–Crippen MR) is 149 cm³/mol. The van der Waals surface area contributed by atoms with Crippen molar-refractivity contribution < 1.29 is 4.74 Å². The Kier molecular flexibility index (Phi) is 5.96. The number of hydrogen-bond donors (Lipinski definition) is 1. The van der Waals surface area contributed by atoms with Gasteiger partial charge in [0.15, 0.2) is 0 Å². The Bertz CT molecular complexity index is 1560. The van der Waals surface area contributed by atoms with Crippen molar-refractivity contribution >= 4 is 22.9 Å². The van der Waals surface area contributed by atoms with E-state index in [4.69, 9.17) is 9.73 Å². The van der Waals surface area contributed by atoms with Crippen molar-refractivity contribution in [3.63, 3.8) is 0 Å². The van der Waals surface area contributed by atoms with Crippen LogP contribution in [0.1, 0.15) is 33.7 Å². The number of rotatable bonds is 6. The fourth-order valence-corrected chi connectivity index (χ4v) is 5.03. The molecule has 1 N–H and O–H groups in total. The molecule has 1 aliphatic rings. The molecule has 0 fully saturated rings. The lowest BCUT2D eigenvalue weighted by Crippen LogP contribution is -2.17. The third-order valence-electron chi connectivity index (χ3n) is 6.88. The maximum Gasteiger partial charge on any atom is 0.140 e. The minimum absolute atomic E-state index is 0.0441. The molecule has 0 saturated carbocycles. The molecule has 3 heteroatoms. The summed E-state index contributed by atoms with van der Waals surface area (Å²) in [6.07, 6.45) is 5.02. The highest BCUT2D eigenvalue weighted by Crippen LogP contribution is 2.45. The van der Waals surface area contributed by atoms with Gasteiger partial charge in [-0.15, -0.1) is 0 Å². The van der Waals surface area contributed by atoms with Crippen LogP contribution in [0.5, 0.6) is 5.75 Å². The minimum Gasteiger partial charge on any atom is -0.456 e. The predicted octanol–water partition coefficient (Wildman–Crippen LogP) is 7.73. The fourth-order valence-electron chi connectivity index (χ4n) is 5.03. The molecule has 1 aromatic heterocycles. The third-order valence-corrected chi connectivity index (χ3v) is 6.88. The summed E-state index contributed by atoms with van der Waals surface area (Å²) in [5.41, 5.74) is 8.26. The van der Waals surface area contributed by atoms with E-state index in [1.165, 1.54) is 33.2 Å². The molecule has 0 bridgehead atoms. The number of aromatic nitrogens is 1. The second-order valence-corrected chi connectivity index (χ2v) is 9.28. The third kappa shape index (κ3) is 4.25. The van der Waals surface area contributed by atoms with Gasteiger partial charge in [-0.2, -0.15) is 0 Å². The summed E-state index contributed by atoms with van der Waals surface area (Å²) in [5.74, 6) is 1.82. The lowest BCUT2D eigenvalue weighted by molar-refractivity contribution is 0.489. The second-order valence-electron chi connectivity index (χ2n) is 9.28. The topological polar surface area (TPSA) is 37.4 Å². The highest BCUT2D eigenvalue weighted by Gasteiger charge is 2.30. The molecule has 176 valence electrons. The monoisotopic (exact) mass is 468 g/mol. The van der Waals surface area contributed by atoms with Crippen LogP contribution in [0.15, 0.2) is 120 Å². The molecule has 0 aliphatic carbocycles. The molecule has 3 nitrogen and oxygen atoms in total. The molecule has 0 unspecified atom stereocenters. The maximum absolute atomic E-state index is 6.55. The van der Waals surface area contributed by atoms with E-state index in [1.54, 1.807) is 0 Å². The van der Waals surface area contributed by atoms with Gasteiger partial charge in [-0.3, -0.25) is 4.99 Å². The van der Waals surface area contributed by atoms with Crippen LogP contribution >= 0.6 is 0 Å². The summed E-state index contributed by atoms with van der Waals surface area (Å²) in [4.78, 5) is 8.31. The molecule has 36 heavy (non-hydrogen) atoms. The quantitative estimate of drug-likeness (QED) is 0.254. The number of hydrogen-bond acceptors (Lipinski definition) is 2. The summed E-state index contributed by atoms with van der Waals surface area (Å²) in [5, 5.41) is 1.27. The molecule has 0 radical (unpaired) electrons. The van der Waals surface area contributed by atoms with E-state index >= 15 is 0 Å². The average molecular weight is 469 g/mol. The number of aliphatic imine (C=N–C) groups is 1. The van der Waals surface area contributed by atoms with E-state index in [0.717, 1.165) is 29.1 Å². The van der Waals surface area contributed by atoms with Gasteiger partial charge in [0.25, 0.3) is 0 Å². The van der Waals surface area contributed by atoms with Gasteiger partial charge in [-0.1, -0.05) is 96.6 Å².